The van der Waals surface area contributed by atoms with Gasteiger partial charge in [0.25, 0.3) is 0 Å². The number of aliphatic hydroxyl groups is 1. The number of rotatable bonds is 4. The minimum absolute atomic E-state index is 0.119. The Morgan fingerprint density at radius 3 is 2.58 bits per heavy atom. The lowest BCUT2D eigenvalue weighted by atomic mass is 9.77. The van der Waals surface area contributed by atoms with Crippen LogP contribution in [0.25, 0.3) is 0 Å². The van der Waals surface area contributed by atoms with Crippen molar-refractivity contribution in [2.75, 3.05) is 27.2 Å². The first-order valence-electron chi connectivity index (χ1n) is 8.07. The van der Waals surface area contributed by atoms with E-state index in [1.807, 2.05) is 0 Å². The van der Waals surface area contributed by atoms with Crippen LogP contribution in [0, 0.1) is 11.8 Å². The van der Waals surface area contributed by atoms with Crippen LogP contribution >= 0.6 is 0 Å². The SMILES string of the molecule is CC(C)C1CCC(O)C(N(C)CC2CCCN2C)C1. The van der Waals surface area contributed by atoms with Gasteiger partial charge in [-0.1, -0.05) is 13.8 Å². The summed E-state index contributed by atoms with van der Waals surface area (Å²) in [5.74, 6) is 1.54. The molecule has 2 aliphatic rings. The highest BCUT2D eigenvalue weighted by atomic mass is 16.3. The number of nitrogens with zero attached hydrogens (tertiary/aromatic N) is 2. The van der Waals surface area contributed by atoms with Crippen molar-refractivity contribution in [2.24, 2.45) is 11.8 Å². The minimum atomic E-state index is -0.119. The molecule has 2 fully saturated rings. The summed E-state index contributed by atoms with van der Waals surface area (Å²) in [7, 11) is 4.45. The van der Waals surface area contributed by atoms with E-state index in [9.17, 15) is 5.11 Å². The summed E-state index contributed by atoms with van der Waals surface area (Å²) in [6.07, 6.45) is 5.89. The molecule has 4 atom stereocenters. The average Bonchev–Trinajstić information content (AvgIpc) is 2.75. The highest BCUT2D eigenvalue weighted by Crippen LogP contribution is 2.32. The van der Waals surface area contributed by atoms with Gasteiger partial charge in [-0.2, -0.15) is 0 Å². The molecule has 0 aromatic rings. The number of aliphatic hydroxyl groups excluding tert-OH is 1. The molecule has 19 heavy (non-hydrogen) atoms. The molecule has 1 aliphatic carbocycles. The largest absolute Gasteiger partial charge is 0.391 e. The van der Waals surface area contributed by atoms with Gasteiger partial charge >= 0.3 is 0 Å². The van der Waals surface area contributed by atoms with Crippen molar-refractivity contribution < 1.29 is 5.11 Å². The summed E-state index contributed by atoms with van der Waals surface area (Å²) in [4.78, 5) is 4.91. The maximum Gasteiger partial charge on any atom is 0.0695 e. The zero-order valence-electron chi connectivity index (χ0n) is 13.2. The number of hydrogen-bond donors (Lipinski definition) is 1. The van der Waals surface area contributed by atoms with Crippen molar-refractivity contribution in [1.29, 1.82) is 0 Å². The maximum absolute atomic E-state index is 10.3. The van der Waals surface area contributed by atoms with Gasteiger partial charge in [-0.25, -0.2) is 0 Å². The molecule has 1 saturated heterocycles. The van der Waals surface area contributed by atoms with Crippen LogP contribution in [0.5, 0.6) is 0 Å². The van der Waals surface area contributed by atoms with E-state index < -0.39 is 0 Å². The Hall–Kier alpha value is -0.120. The van der Waals surface area contributed by atoms with Crippen LogP contribution in [0.2, 0.25) is 0 Å². The minimum Gasteiger partial charge on any atom is -0.391 e. The van der Waals surface area contributed by atoms with Crippen LogP contribution in [0.3, 0.4) is 0 Å². The van der Waals surface area contributed by atoms with Crippen LogP contribution in [0.4, 0.5) is 0 Å². The van der Waals surface area contributed by atoms with E-state index in [-0.39, 0.29) is 6.10 Å². The molecule has 4 unspecified atom stereocenters. The van der Waals surface area contributed by atoms with Crippen molar-refractivity contribution in [1.82, 2.24) is 9.80 Å². The molecule has 0 radical (unpaired) electrons. The van der Waals surface area contributed by atoms with Crippen LogP contribution in [-0.4, -0.2) is 60.3 Å². The standard InChI is InChI=1S/C16H32N2O/c1-12(2)13-7-8-16(19)15(10-13)18(4)11-14-6-5-9-17(14)3/h12-16,19H,5-11H2,1-4H3. The monoisotopic (exact) mass is 268 g/mol. The zero-order valence-corrected chi connectivity index (χ0v) is 13.2. The van der Waals surface area contributed by atoms with Crippen LogP contribution < -0.4 is 0 Å². The summed E-state index contributed by atoms with van der Waals surface area (Å²) in [5, 5.41) is 10.3. The molecule has 1 saturated carbocycles. The predicted molar refractivity (Wildman–Crippen MR) is 80.3 cm³/mol. The lowest BCUT2D eigenvalue weighted by molar-refractivity contribution is -0.000353. The fourth-order valence-electron chi connectivity index (χ4n) is 3.92. The molecule has 0 bridgehead atoms. The van der Waals surface area contributed by atoms with E-state index in [0.29, 0.717) is 12.1 Å². The van der Waals surface area contributed by atoms with Crippen molar-refractivity contribution >= 4 is 0 Å². The van der Waals surface area contributed by atoms with Crippen LogP contribution in [0.15, 0.2) is 0 Å². The Labute approximate surface area is 119 Å². The Morgan fingerprint density at radius 2 is 2.00 bits per heavy atom. The molecular weight excluding hydrogens is 236 g/mol. The van der Waals surface area contributed by atoms with Gasteiger partial charge in [-0.15, -0.1) is 0 Å². The lowest BCUT2D eigenvalue weighted by Crippen LogP contribution is -2.49. The Kier molecular flexibility index (Phi) is 5.27. The third-order valence-electron chi connectivity index (χ3n) is 5.50. The smallest absolute Gasteiger partial charge is 0.0695 e. The fourth-order valence-corrected chi connectivity index (χ4v) is 3.92. The summed E-state index contributed by atoms with van der Waals surface area (Å²) < 4.78 is 0. The molecule has 3 nitrogen and oxygen atoms in total. The Balaban J connectivity index is 1.90. The third kappa shape index (κ3) is 3.71. The normalized spacial score (nSPS) is 37.4. The van der Waals surface area contributed by atoms with E-state index in [1.165, 1.54) is 32.2 Å². The first-order chi connectivity index (χ1) is 8.99. The van der Waals surface area contributed by atoms with Gasteiger partial charge in [-0.05, 0) is 64.6 Å². The summed E-state index contributed by atoms with van der Waals surface area (Å²) >= 11 is 0. The van der Waals surface area contributed by atoms with Crippen molar-refractivity contribution in [2.45, 2.75) is 64.1 Å². The van der Waals surface area contributed by atoms with Gasteiger partial charge in [0.15, 0.2) is 0 Å². The fraction of sp³-hybridized carbons (Fsp3) is 1.00. The molecule has 0 aromatic heterocycles. The third-order valence-corrected chi connectivity index (χ3v) is 5.50. The van der Waals surface area contributed by atoms with Gasteiger partial charge in [-0.3, -0.25) is 4.90 Å². The molecule has 0 spiro atoms. The van der Waals surface area contributed by atoms with E-state index in [1.54, 1.807) is 0 Å². The first-order valence-corrected chi connectivity index (χ1v) is 8.07. The molecule has 1 aliphatic heterocycles. The van der Waals surface area contributed by atoms with E-state index in [0.717, 1.165) is 24.8 Å². The second kappa shape index (κ2) is 6.55. The van der Waals surface area contributed by atoms with E-state index >= 15 is 0 Å². The van der Waals surface area contributed by atoms with Gasteiger partial charge in [0.1, 0.15) is 0 Å². The highest BCUT2D eigenvalue weighted by molar-refractivity contribution is 4.89. The van der Waals surface area contributed by atoms with Gasteiger partial charge in [0, 0.05) is 18.6 Å². The number of likely N-dealkylation sites (N-methyl/N-ethyl adjacent to an activating group) is 2. The molecule has 2 rings (SSSR count). The summed E-state index contributed by atoms with van der Waals surface area (Å²) in [6, 6.07) is 1.06. The van der Waals surface area contributed by atoms with Crippen LogP contribution in [-0.2, 0) is 0 Å². The number of hydrogen-bond acceptors (Lipinski definition) is 3. The van der Waals surface area contributed by atoms with Gasteiger partial charge in [0.05, 0.1) is 6.10 Å². The molecule has 0 amide bonds. The van der Waals surface area contributed by atoms with Crippen molar-refractivity contribution in [3.05, 3.63) is 0 Å². The number of likely N-dealkylation sites (tertiary alicyclic amines) is 1. The van der Waals surface area contributed by atoms with Gasteiger partial charge in [0.2, 0.25) is 0 Å². The molecule has 0 aromatic carbocycles. The Morgan fingerprint density at radius 1 is 1.26 bits per heavy atom. The summed E-state index contributed by atoms with van der Waals surface area (Å²) in [5.41, 5.74) is 0. The summed E-state index contributed by atoms with van der Waals surface area (Å²) in [6.45, 7) is 7.00. The topological polar surface area (TPSA) is 26.7 Å². The molecule has 1 N–H and O–H groups in total. The van der Waals surface area contributed by atoms with E-state index in [4.69, 9.17) is 0 Å². The molecular formula is C16H32N2O. The molecule has 1 heterocycles. The van der Waals surface area contributed by atoms with Crippen molar-refractivity contribution in [3.8, 4) is 0 Å². The first kappa shape index (κ1) is 15.3. The van der Waals surface area contributed by atoms with Gasteiger partial charge < -0.3 is 10.0 Å². The second-order valence-corrected chi connectivity index (χ2v) is 7.17. The zero-order chi connectivity index (χ0) is 14.0. The highest BCUT2D eigenvalue weighted by Gasteiger charge is 2.34. The second-order valence-electron chi connectivity index (χ2n) is 7.17. The van der Waals surface area contributed by atoms with Crippen molar-refractivity contribution in [3.63, 3.8) is 0 Å². The predicted octanol–water partition coefficient (Wildman–Crippen LogP) is 2.20. The molecule has 3 heteroatoms. The Bertz CT molecular complexity index is 282. The average molecular weight is 268 g/mol. The lowest BCUT2D eigenvalue weighted by Gasteiger charge is -2.41. The van der Waals surface area contributed by atoms with E-state index in [2.05, 4.69) is 37.7 Å². The maximum atomic E-state index is 10.3. The quantitative estimate of drug-likeness (QED) is 0.847. The molecule has 112 valence electrons. The van der Waals surface area contributed by atoms with Crippen LogP contribution in [0.1, 0.15) is 46.0 Å².